The zero-order valence-corrected chi connectivity index (χ0v) is 13.3. The quantitative estimate of drug-likeness (QED) is 0.796. The summed E-state index contributed by atoms with van der Waals surface area (Å²) in [6, 6.07) is 6.53. The van der Waals surface area contributed by atoms with E-state index < -0.39 is 22.6 Å². The second-order valence-electron chi connectivity index (χ2n) is 4.60. The van der Waals surface area contributed by atoms with E-state index >= 15 is 0 Å². The van der Waals surface area contributed by atoms with Gasteiger partial charge in [-0.1, -0.05) is 0 Å². The number of ether oxygens (including phenoxy) is 1. The number of benzene rings is 2. The molecule has 0 N–H and O–H groups in total. The lowest BCUT2D eigenvalue weighted by Gasteiger charge is -2.10. The molecule has 2 aromatic rings. The number of nitrogens with zero attached hydrogens (tertiary/aromatic N) is 1. The Hall–Kier alpha value is -1.31. The molecule has 2 aromatic carbocycles. The second kappa shape index (κ2) is 5.47. The molecule has 1 aliphatic heterocycles. The summed E-state index contributed by atoms with van der Waals surface area (Å²) in [6.07, 6.45) is 0. The molecule has 3 rings (SSSR count). The Bertz CT molecular complexity index is 754. The number of halogens is 3. The first-order valence-corrected chi connectivity index (χ1v) is 7.94. The monoisotopic (exact) mass is 373 g/mol. The third-order valence-corrected chi connectivity index (χ3v) is 5.16. The van der Waals surface area contributed by atoms with Crippen molar-refractivity contribution in [2.45, 2.75) is 11.4 Å². The van der Waals surface area contributed by atoms with Crippen molar-refractivity contribution in [1.82, 2.24) is 4.31 Å². The van der Waals surface area contributed by atoms with E-state index in [-0.39, 0.29) is 5.75 Å². The Morgan fingerprint density at radius 2 is 2.00 bits per heavy atom. The van der Waals surface area contributed by atoms with Crippen molar-refractivity contribution in [2.75, 3.05) is 7.05 Å². The summed E-state index contributed by atoms with van der Waals surface area (Å²) in [5.74, 6) is -1.11. The van der Waals surface area contributed by atoms with E-state index in [9.17, 15) is 13.0 Å². The van der Waals surface area contributed by atoms with Crippen molar-refractivity contribution in [1.29, 1.82) is 0 Å². The molecule has 0 bridgehead atoms. The summed E-state index contributed by atoms with van der Waals surface area (Å²) in [7, 11) is 0.563. The highest BCUT2D eigenvalue weighted by Gasteiger charge is 2.25. The molecular formula is C14H10BrF2NO2S. The van der Waals surface area contributed by atoms with Crippen LogP contribution in [-0.2, 0) is 17.5 Å². The van der Waals surface area contributed by atoms with Gasteiger partial charge in [-0.3, -0.25) is 0 Å². The van der Waals surface area contributed by atoms with Gasteiger partial charge in [0.25, 0.3) is 0 Å². The van der Waals surface area contributed by atoms with E-state index in [4.69, 9.17) is 4.74 Å². The summed E-state index contributed by atoms with van der Waals surface area (Å²) in [5.41, 5.74) is 0.858. The van der Waals surface area contributed by atoms with Crippen LogP contribution in [0, 0.1) is 11.6 Å². The molecule has 0 spiro atoms. The van der Waals surface area contributed by atoms with Crippen LogP contribution in [-0.4, -0.2) is 15.6 Å². The first kappa shape index (κ1) is 14.6. The average Bonchev–Trinajstić information content (AvgIpc) is 2.69. The van der Waals surface area contributed by atoms with Gasteiger partial charge in [0.05, 0.1) is 9.37 Å². The van der Waals surface area contributed by atoms with Crippen molar-refractivity contribution in [2.24, 2.45) is 0 Å². The first-order valence-electron chi connectivity index (χ1n) is 6.04. The normalized spacial score (nSPS) is 17.8. The largest absolute Gasteiger partial charge is 0.453 e. The first-order chi connectivity index (χ1) is 9.95. The van der Waals surface area contributed by atoms with E-state index in [2.05, 4.69) is 15.9 Å². The molecule has 1 atom stereocenters. The van der Waals surface area contributed by atoms with Gasteiger partial charge in [0.1, 0.15) is 22.6 Å². The van der Waals surface area contributed by atoms with Gasteiger partial charge in [0.2, 0.25) is 0 Å². The molecule has 0 radical (unpaired) electrons. The minimum atomic E-state index is -1.19. The van der Waals surface area contributed by atoms with Crippen molar-refractivity contribution in [3.05, 3.63) is 52.0 Å². The van der Waals surface area contributed by atoms with Gasteiger partial charge in [0, 0.05) is 19.7 Å². The van der Waals surface area contributed by atoms with Crippen LogP contribution in [0.1, 0.15) is 5.56 Å². The number of fused-ring (bicyclic) bond motifs is 1. The van der Waals surface area contributed by atoms with Gasteiger partial charge >= 0.3 is 0 Å². The van der Waals surface area contributed by atoms with Crippen LogP contribution < -0.4 is 4.74 Å². The second-order valence-corrected chi connectivity index (χ2v) is 7.02. The van der Waals surface area contributed by atoms with Crippen molar-refractivity contribution < 1.29 is 17.7 Å². The molecule has 0 saturated carbocycles. The number of rotatable bonds is 2. The maximum Gasteiger partial charge on any atom is 0.168 e. The zero-order chi connectivity index (χ0) is 15.1. The summed E-state index contributed by atoms with van der Waals surface area (Å²) >= 11 is 3.32. The fraction of sp³-hybridized carbons (Fsp3) is 0.143. The summed E-state index contributed by atoms with van der Waals surface area (Å²) in [5, 5.41) is 0. The summed E-state index contributed by atoms with van der Waals surface area (Å²) in [6.45, 7) is 0.525. The Kier molecular flexibility index (Phi) is 3.81. The molecule has 0 amide bonds. The minimum Gasteiger partial charge on any atom is -0.453 e. The van der Waals surface area contributed by atoms with Gasteiger partial charge in [-0.05, 0) is 45.8 Å². The lowest BCUT2D eigenvalue weighted by molar-refractivity contribution is 0.434. The van der Waals surface area contributed by atoms with Crippen LogP contribution in [0.3, 0.4) is 0 Å². The standard InChI is InChI=1S/C14H10BrF2NO2S/c1-18-7-8-4-13(10(15)6-14(8)21(18)19)20-12-3-2-9(16)5-11(12)17/h2-6H,7H2,1H3. The van der Waals surface area contributed by atoms with Crippen LogP contribution in [0.2, 0.25) is 0 Å². The molecule has 0 fully saturated rings. The average molecular weight is 374 g/mol. The molecule has 1 heterocycles. The van der Waals surface area contributed by atoms with Gasteiger partial charge in [-0.2, -0.15) is 0 Å². The Balaban J connectivity index is 1.97. The van der Waals surface area contributed by atoms with E-state index in [0.29, 0.717) is 21.7 Å². The molecular weight excluding hydrogens is 364 g/mol. The molecule has 1 aliphatic rings. The minimum absolute atomic E-state index is 0.0653. The SMILES string of the molecule is CN1Cc2cc(Oc3ccc(F)cc3F)c(Br)cc2S1=O. The van der Waals surface area contributed by atoms with Gasteiger partial charge in [-0.25, -0.2) is 17.3 Å². The Labute approximate surface area is 131 Å². The molecule has 0 aromatic heterocycles. The highest BCUT2D eigenvalue weighted by molar-refractivity contribution is 9.10. The van der Waals surface area contributed by atoms with Crippen molar-refractivity contribution in [3.63, 3.8) is 0 Å². The van der Waals surface area contributed by atoms with Crippen LogP contribution in [0.4, 0.5) is 8.78 Å². The maximum absolute atomic E-state index is 13.6. The Morgan fingerprint density at radius 3 is 2.71 bits per heavy atom. The number of hydrogen-bond acceptors (Lipinski definition) is 2. The van der Waals surface area contributed by atoms with E-state index in [1.165, 1.54) is 6.07 Å². The number of hydrogen-bond donors (Lipinski definition) is 0. The lowest BCUT2D eigenvalue weighted by atomic mass is 10.2. The molecule has 0 aliphatic carbocycles. The van der Waals surface area contributed by atoms with Gasteiger partial charge in [-0.15, -0.1) is 0 Å². The van der Waals surface area contributed by atoms with E-state index in [1.54, 1.807) is 23.5 Å². The van der Waals surface area contributed by atoms with Gasteiger partial charge in [0.15, 0.2) is 11.6 Å². The van der Waals surface area contributed by atoms with Gasteiger partial charge < -0.3 is 4.74 Å². The molecule has 3 nitrogen and oxygen atoms in total. The predicted molar refractivity (Wildman–Crippen MR) is 78.4 cm³/mol. The van der Waals surface area contributed by atoms with Crippen molar-refractivity contribution >= 4 is 26.9 Å². The summed E-state index contributed by atoms with van der Waals surface area (Å²) in [4.78, 5) is 0.705. The summed E-state index contributed by atoms with van der Waals surface area (Å²) < 4.78 is 46.2. The van der Waals surface area contributed by atoms with Crippen LogP contribution >= 0.6 is 15.9 Å². The van der Waals surface area contributed by atoms with Crippen molar-refractivity contribution in [3.8, 4) is 11.5 Å². The molecule has 1 unspecified atom stereocenters. The third kappa shape index (κ3) is 2.73. The zero-order valence-electron chi connectivity index (χ0n) is 10.9. The Morgan fingerprint density at radius 1 is 1.24 bits per heavy atom. The molecule has 7 heteroatoms. The van der Waals surface area contributed by atoms with Crippen LogP contribution in [0.15, 0.2) is 39.7 Å². The highest BCUT2D eigenvalue weighted by Crippen LogP contribution is 2.37. The molecule has 21 heavy (non-hydrogen) atoms. The fourth-order valence-corrected chi connectivity index (χ4v) is 3.82. The molecule has 0 saturated heterocycles. The lowest BCUT2D eigenvalue weighted by Crippen LogP contribution is -2.11. The topological polar surface area (TPSA) is 29.5 Å². The smallest absolute Gasteiger partial charge is 0.168 e. The fourth-order valence-electron chi connectivity index (χ4n) is 2.08. The van der Waals surface area contributed by atoms with Crippen LogP contribution in [0.5, 0.6) is 11.5 Å². The molecule has 110 valence electrons. The maximum atomic E-state index is 13.6. The predicted octanol–water partition coefficient (Wildman–Crippen LogP) is 3.99. The highest BCUT2D eigenvalue weighted by atomic mass is 79.9. The third-order valence-electron chi connectivity index (χ3n) is 3.09. The van der Waals surface area contributed by atoms with Crippen LogP contribution in [0.25, 0.3) is 0 Å². The van der Waals surface area contributed by atoms with E-state index in [1.807, 2.05) is 0 Å². The van der Waals surface area contributed by atoms with E-state index in [0.717, 1.165) is 17.7 Å².